The number of amides is 1. The molecule has 0 saturated heterocycles. The molecule has 1 aromatic heterocycles. The van der Waals surface area contributed by atoms with Crippen molar-refractivity contribution in [3.05, 3.63) is 45.3 Å². The van der Waals surface area contributed by atoms with Gasteiger partial charge in [0.25, 0.3) is 0 Å². The summed E-state index contributed by atoms with van der Waals surface area (Å²) in [4.78, 5) is 17.0. The van der Waals surface area contributed by atoms with Crippen molar-refractivity contribution in [2.75, 3.05) is 10.6 Å². The van der Waals surface area contributed by atoms with E-state index in [0.717, 1.165) is 6.42 Å². The average molecular weight is 410 g/mol. The van der Waals surface area contributed by atoms with E-state index in [9.17, 15) is 9.90 Å². The lowest BCUT2D eigenvalue weighted by Crippen LogP contribution is -2.23. The van der Waals surface area contributed by atoms with Crippen LogP contribution in [-0.2, 0) is 11.2 Å². The SMILES string of the molecule is O=C(Cc1sc(NC2CC3C=CC2C3)nc1O)Nc1cc(Cl)ccc1Cl. The highest BCUT2D eigenvalue weighted by atomic mass is 35.5. The molecule has 4 rings (SSSR count). The summed E-state index contributed by atoms with van der Waals surface area (Å²) in [6, 6.07) is 5.21. The van der Waals surface area contributed by atoms with Crippen molar-refractivity contribution in [2.45, 2.75) is 25.3 Å². The van der Waals surface area contributed by atoms with E-state index in [1.807, 2.05) is 0 Å². The van der Waals surface area contributed by atoms with Gasteiger partial charge in [0.15, 0.2) is 5.13 Å². The largest absolute Gasteiger partial charge is 0.492 e. The quantitative estimate of drug-likeness (QED) is 0.624. The van der Waals surface area contributed by atoms with Crippen molar-refractivity contribution < 1.29 is 9.90 Å². The number of halogens is 2. The van der Waals surface area contributed by atoms with Gasteiger partial charge in [-0.2, -0.15) is 4.98 Å². The number of thiazole rings is 1. The minimum Gasteiger partial charge on any atom is -0.492 e. The van der Waals surface area contributed by atoms with Gasteiger partial charge in [-0.3, -0.25) is 4.79 Å². The van der Waals surface area contributed by atoms with Crippen molar-refractivity contribution in [3.8, 4) is 5.88 Å². The van der Waals surface area contributed by atoms with E-state index in [1.54, 1.807) is 18.2 Å². The number of nitrogens with one attached hydrogen (secondary N) is 2. The Morgan fingerprint density at radius 2 is 2.15 bits per heavy atom. The maximum absolute atomic E-state index is 12.3. The van der Waals surface area contributed by atoms with Gasteiger partial charge in [-0.1, -0.05) is 46.7 Å². The zero-order valence-corrected chi connectivity index (χ0v) is 16.0. The van der Waals surface area contributed by atoms with Crippen LogP contribution in [0.1, 0.15) is 17.7 Å². The molecule has 2 aromatic rings. The molecular formula is C18H17Cl2N3O2S. The van der Waals surface area contributed by atoms with Crippen LogP contribution in [0.15, 0.2) is 30.4 Å². The number of benzene rings is 1. The van der Waals surface area contributed by atoms with Gasteiger partial charge < -0.3 is 15.7 Å². The smallest absolute Gasteiger partial charge is 0.229 e. The van der Waals surface area contributed by atoms with Crippen LogP contribution in [0.4, 0.5) is 10.8 Å². The molecule has 0 aliphatic heterocycles. The number of carbonyl (C=O) groups is 1. The number of hydrogen-bond donors (Lipinski definition) is 3. The number of carbonyl (C=O) groups excluding carboxylic acids is 1. The lowest BCUT2D eigenvalue weighted by atomic mass is 10.0. The van der Waals surface area contributed by atoms with E-state index in [2.05, 4.69) is 27.8 Å². The van der Waals surface area contributed by atoms with E-state index < -0.39 is 0 Å². The molecule has 136 valence electrons. The van der Waals surface area contributed by atoms with Crippen molar-refractivity contribution in [1.29, 1.82) is 0 Å². The van der Waals surface area contributed by atoms with Crippen LogP contribution in [0.2, 0.25) is 10.0 Å². The van der Waals surface area contributed by atoms with Gasteiger partial charge in [0.1, 0.15) is 0 Å². The Morgan fingerprint density at radius 1 is 1.31 bits per heavy atom. The molecule has 1 aromatic carbocycles. The van der Waals surface area contributed by atoms with Crippen LogP contribution < -0.4 is 10.6 Å². The fourth-order valence-electron chi connectivity index (χ4n) is 3.56. The highest BCUT2D eigenvalue weighted by Gasteiger charge is 2.36. The Bertz CT molecular complexity index is 883. The molecule has 1 amide bonds. The fourth-order valence-corrected chi connectivity index (χ4v) is 4.81. The molecule has 3 N–H and O–H groups in total. The first-order valence-electron chi connectivity index (χ1n) is 8.36. The highest BCUT2D eigenvalue weighted by Crippen LogP contribution is 2.41. The molecule has 5 nitrogen and oxygen atoms in total. The van der Waals surface area contributed by atoms with Crippen LogP contribution in [0.5, 0.6) is 5.88 Å². The predicted octanol–water partition coefficient (Wildman–Crippen LogP) is 4.71. The topological polar surface area (TPSA) is 74.2 Å². The van der Waals surface area contributed by atoms with Crippen LogP contribution in [0.3, 0.4) is 0 Å². The molecule has 3 atom stereocenters. The average Bonchev–Trinajstić information content (AvgIpc) is 3.28. The Hall–Kier alpha value is -1.76. The number of nitrogens with zero attached hydrogens (tertiary/aromatic N) is 1. The minimum absolute atomic E-state index is 0.0185. The third-order valence-corrected chi connectivity index (χ3v) is 6.33. The van der Waals surface area contributed by atoms with Crippen molar-refractivity contribution in [3.63, 3.8) is 0 Å². The predicted molar refractivity (Wildman–Crippen MR) is 105 cm³/mol. The maximum atomic E-state index is 12.3. The van der Waals surface area contributed by atoms with E-state index in [4.69, 9.17) is 23.2 Å². The zero-order valence-electron chi connectivity index (χ0n) is 13.7. The van der Waals surface area contributed by atoms with Crippen molar-refractivity contribution in [1.82, 2.24) is 4.98 Å². The number of aromatic nitrogens is 1. The van der Waals surface area contributed by atoms with E-state index >= 15 is 0 Å². The molecule has 3 unspecified atom stereocenters. The second-order valence-corrected chi connectivity index (χ2v) is 8.57. The molecular weight excluding hydrogens is 393 g/mol. The lowest BCUT2D eigenvalue weighted by molar-refractivity contribution is -0.115. The second kappa shape index (κ2) is 7.10. The molecule has 26 heavy (non-hydrogen) atoms. The number of rotatable bonds is 5. The zero-order chi connectivity index (χ0) is 18.3. The molecule has 1 saturated carbocycles. The second-order valence-electron chi connectivity index (χ2n) is 6.65. The Morgan fingerprint density at radius 3 is 2.88 bits per heavy atom. The molecule has 2 bridgehead atoms. The van der Waals surface area contributed by atoms with Crippen molar-refractivity contribution in [2.24, 2.45) is 11.8 Å². The molecule has 8 heteroatoms. The van der Waals surface area contributed by atoms with Crippen LogP contribution in [-0.4, -0.2) is 22.0 Å². The first kappa shape index (κ1) is 17.6. The lowest BCUT2D eigenvalue weighted by Gasteiger charge is -2.18. The van der Waals surface area contributed by atoms with Gasteiger partial charge in [0, 0.05) is 11.1 Å². The van der Waals surface area contributed by atoms with E-state index in [0.29, 0.717) is 43.6 Å². The van der Waals surface area contributed by atoms with Gasteiger partial charge in [-0.15, -0.1) is 0 Å². The number of anilines is 2. The van der Waals surface area contributed by atoms with Crippen LogP contribution in [0.25, 0.3) is 0 Å². The Balaban J connectivity index is 1.40. The number of aromatic hydroxyl groups is 1. The fraction of sp³-hybridized carbons (Fsp3) is 0.333. The first-order chi connectivity index (χ1) is 12.5. The molecule has 2 aliphatic carbocycles. The number of hydrogen-bond acceptors (Lipinski definition) is 5. The van der Waals surface area contributed by atoms with Crippen molar-refractivity contribution >= 4 is 51.3 Å². The third kappa shape index (κ3) is 3.68. The van der Waals surface area contributed by atoms with Gasteiger partial charge >= 0.3 is 0 Å². The van der Waals surface area contributed by atoms with Gasteiger partial charge in [-0.25, -0.2) is 0 Å². The monoisotopic (exact) mass is 409 g/mol. The summed E-state index contributed by atoms with van der Waals surface area (Å²) in [6.07, 6.45) is 6.82. The molecule has 1 fully saturated rings. The summed E-state index contributed by atoms with van der Waals surface area (Å²) in [5.74, 6) is 0.785. The molecule has 2 aliphatic rings. The van der Waals surface area contributed by atoms with Crippen LogP contribution >= 0.6 is 34.5 Å². The Kier molecular flexibility index (Phi) is 4.82. The number of allylic oxidation sites excluding steroid dienone is 1. The third-order valence-electron chi connectivity index (χ3n) is 4.79. The summed E-state index contributed by atoms with van der Waals surface area (Å²) in [5, 5.41) is 17.7. The Labute approximate surface area is 165 Å². The van der Waals surface area contributed by atoms with Gasteiger partial charge in [0.2, 0.25) is 11.8 Å². The molecule has 0 radical (unpaired) electrons. The van der Waals surface area contributed by atoms with Gasteiger partial charge in [0.05, 0.1) is 22.0 Å². The maximum Gasteiger partial charge on any atom is 0.229 e. The minimum atomic E-state index is -0.289. The van der Waals surface area contributed by atoms with Gasteiger partial charge in [-0.05, 0) is 42.9 Å². The summed E-state index contributed by atoms with van der Waals surface area (Å²) in [7, 11) is 0. The standard InChI is InChI=1S/C18H17Cl2N3O2S/c19-11-3-4-12(20)14(7-11)21-16(24)8-15-17(25)23-18(26-15)22-13-6-9-1-2-10(13)5-9/h1-4,7,9-10,13,25H,5-6,8H2,(H,21,24)(H,22,23). The van der Waals surface area contributed by atoms with E-state index in [-0.39, 0.29) is 18.2 Å². The summed E-state index contributed by atoms with van der Waals surface area (Å²) < 4.78 is 0. The van der Waals surface area contributed by atoms with Crippen LogP contribution in [0, 0.1) is 11.8 Å². The number of fused-ring (bicyclic) bond motifs is 2. The molecule has 0 spiro atoms. The normalized spacial score (nSPS) is 23.4. The summed E-state index contributed by atoms with van der Waals surface area (Å²) in [6.45, 7) is 0. The van der Waals surface area contributed by atoms with E-state index in [1.165, 1.54) is 17.8 Å². The molecule has 1 heterocycles. The summed E-state index contributed by atoms with van der Waals surface area (Å²) in [5.41, 5.74) is 0.445. The summed E-state index contributed by atoms with van der Waals surface area (Å²) >= 11 is 13.3. The highest BCUT2D eigenvalue weighted by molar-refractivity contribution is 7.16. The first-order valence-corrected chi connectivity index (χ1v) is 9.93.